The lowest BCUT2D eigenvalue weighted by atomic mass is 9.98. The van der Waals surface area contributed by atoms with Crippen LogP contribution in [0.5, 0.6) is 11.5 Å². The summed E-state index contributed by atoms with van der Waals surface area (Å²) in [5, 5.41) is 3.44. The van der Waals surface area contributed by atoms with Crippen molar-refractivity contribution in [3.63, 3.8) is 0 Å². The van der Waals surface area contributed by atoms with Gasteiger partial charge in [-0.1, -0.05) is 29.3 Å². The molecule has 1 saturated heterocycles. The van der Waals surface area contributed by atoms with Crippen molar-refractivity contribution in [3.05, 3.63) is 52.0 Å². The number of nitrogens with one attached hydrogen (secondary N) is 1. The van der Waals surface area contributed by atoms with E-state index in [1.807, 2.05) is 0 Å². The van der Waals surface area contributed by atoms with Gasteiger partial charge < -0.3 is 14.8 Å². The van der Waals surface area contributed by atoms with Gasteiger partial charge in [0, 0.05) is 34.8 Å². The minimum absolute atomic E-state index is 0.0858. The number of carbonyl (C=O) groups is 1. The van der Waals surface area contributed by atoms with Crippen LogP contribution in [0.25, 0.3) is 0 Å². The van der Waals surface area contributed by atoms with Crippen molar-refractivity contribution < 1.29 is 22.7 Å². The van der Waals surface area contributed by atoms with Gasteiger partial charge in [0.25, 0.3) is 0 Å². The van der Waals surface area contributed by atoms with Crippen LogP contribution in [-0.4, -0.2) is 45.9 Å². The van der Waals surface area contributed by atoms with Gasteiger partial charge in [-0.3, -0.25) is 4.79 Å². The summed E-state index contributed by atoms with van der Waals surface area (Å²) >= 11 is 12.3. The molecule has 1 amide bonds. The van der Waals surface area contributed by atoms with Gasteiger partial charge in [0.15, 0.2) is 0 Å². The van der Waals surface area contributed by atoms with Crippen molar-refractivity contribution in [1.82, 2.24) is 4.31 Å². The maximum atomic E-state index is 13.0. The van der Waals surface area contributed by atoms with E-state index in [0.717, 1.165) is 0 Å². The molecule has 1 unspecified atom stereocenters. The van der Waals surface area contributed by atoms with Crippen LogP contribution in [0, 0.1) is 5.92 Å². The van der Waals surface area contributed by atoms with Crippen LogP contribution in [0.3, 0.4) is 0 Å². The Morgan fingerprint density at radius 2 is 1.87 bits per heavy atom. The van der Waals surface area contributed by atoms with Crippen LogP contribution in [0.1, 0.15) is 18.4 Å². The zero-order valence-electron chi connectivity index (χ0n) is 17.2. The third kappa shape index (κ3) is 5.63. The molecule has 2 aromatic carbocycles. The van der Waals surface area contributed by atoms with Crippen molar-refractivity contribution in [3.8, 4) is 11.5 Å². The first-order valence-corrected chi connectivity index (χ1v) is 12.0. The van der Waals surface area contributed by atoms with E-state index in [1.165, 1.54) is 18.5 Å². The highest BCUT2D eigenvalue weighted by Crippen LogP contribution is 2.31. The van der Waals surface area contributed by atoms with E-state index >= 15 is 0 Å². The number of benzene rings is 2. The SMILES string of the molecule is COc1ccc(OC)c(NC(=O)C2CCCN(S(=O)(=O)Cc3c(Cl)cccc3Cl)C2)c1. The van der Waals surface area contributed by atoms with Crippen molar-refractivity contribution in [2.24, 2.45) is 5.92 Å². The number of halogens is 2. The molecule has 1 aliphatic heterocycles. The van der Waals surface area contributed by atoms with Crippen LogP contribution in [0.4, 0.5) is 5.69 Å². The quantitative estimate of drug-likeness (QED) is 0.633. The Bertz CT molecular complexity index is 1040. The molecule has 0 aromatic heterocycles. The monoisotopic (exact) mass is 486 g/mol. The summed E-state index contributed by atoms with van der Waals surface area (Å²) in [5.74, 6) is -0.0319. The van der Waals surface area contributed by atoms with Gasteiger partial charge >= 0.3 is 0 Å². The van der Waals surface area contributed by atoms with E-state index in [1.54, 1.807) is 36.4 Å². The number of methoxy groups -OCH3 is 2. The highest BCUT2D eigenvalue weighted by molar-refractivity contribution is 7.88. The fourth-order valence-corrected chi connectivity index (χ4v) is 5.86. The summed E-state index contributed by atoms with van der Waals surface area (Å²) in [6.07, 6.45) is 1.15. The zero-order chi connectivity index (χ0) is 22.6. The third-order valence-electron chi connectivity index (χ3n) is 5.20. The Kier molecular flexibility index (Phi) is 7.69. The number of hydrogen-bond donors (Lipinski definition) is 1. The van der Waals surface area contributed by atoms with E-state index in [9.17, 15) is 13.2 Å². The molecule has 10 heteroatoms. The first-order chi connectivity index (χ1) is 14.7. The average Bonchev–Trinajstić information content (AvgIpc) is 2.76. The van der Waals surface area contributed by atoms with Gasteiger partial charge in [0.1, 0.15) is 11.5 Å². The summed E-state index contributed by atoms with van der Waals surface area (Å²) in [5.41, 5.74) is 0.827. The fraction of sp³-hybridized carbons (Fsp3) is 0.381. The lowest BCUT2D eigenvalue weighted by Gasteiger charge is -2.31. The second kappa shape index (κ2) is 10.1. The molecule has 0 bridgehead atoms. The van der Waals surface area contributed by atoms with Crippen LogP contribution in [0.2, 0.25) is 10.0 Å². The van der Waals surface area contributed by atoms with Gasteiger partial charge in [-0.25, -0.2) is 12.7 Å². The summed E-state index contributed by atoms with van der Waals surface area (Å²) < 4.78 is 37.9. The van der Waals surface area contributed by atoms with E-state index in [0.29, 0.717) is 52.2 Å². The predicted molar refractivity (Wildman–Crippen MR) is 122 cm³/mol. The van der Waals surface area contributed by atoms with Gasteiger partial charge in [-0.05, 0) is 37.1 Å². The standard InChI is InChI=1S/C21H24Cl2N2O5S/c1-29-15-8-9-20(30-2)19(11-15)24-21(26)14-5-4-10-25(12-14)31(27,28)13-16-17(22)6-3-7-18(16)23/h3,6-9,11,14H,4-5,10,12-13H2,1-2H3,(H,24,26). The van der Waals surface area contributed by atoms with Gasteiger partial charge in [0.2, 0.25) is 15.9 Å². The van der Waals surface area contributed by atoms with E-state index in [4.69, 9.17) is 32.7 Å². The molecule has 1 aliphatic rings. The first kappa shape index (κ1) is 23.7. The first-order valence-electron chi connectivity index (χ1n) is 9.68. The Morgan fingerprint density at radius 3 is 2.52 bits per heavy atom. The Balaban J connectivity index is 1.73. The molecular formula is C21H24Cl2N2O5S. The number of carbonyl (C=O) groups excluding carboxylic acids is 1. The zero-order valence-corrected chi connectivity index (χ0v) is 19.6. The smallest absolute Gasteiger partial charge is 0.228 e. The summed E-state index contributed by atoms with van der Waals surface area (Å²) in [6, 6.07) is 9.95. The average molecular weight is 487 g/mol. The molecule has 1 heterocycles. The molecule has 0 aliphatic carbocycles. The number of nitrogens with zero attached hydrogens (tertiary/aromatic N) is 1. The van der Waals surface area contributed by atoms with E-state index in [-0.39, 0.29) is 18.2 Å². The van der Waals surface area contributed by atoms with Crippen molar-refractivity contribution >= 4 is 44.8 Å². The van der Waals surface area contributed by atoms with Crippen LogP contribution < -0.4 is 14.8 Å². The molecule has 7 nitrogen and oxygen atoms in total. The van der Waals surface area contributed by atoms with E-state index in [2.05, 4.69) is 5.32 Å². The number of rotatable bonds is 7. The number of amides is 1. The molecule has 1 N–H and O–H groups in total. The minimum Gasteiger partial charge on any atom is -0.497 e. The highest BCUT2D eigenvalue weighted by atomic mass is 35.5. The van der Waals surface area contributed by atoms with Crippen molar-refractivity contribution in [2.75, 3.05) is 32.6 Å². The molecule has 31 heavy (non-hydrogen) atoms. The number of piperidine rings is 1. The van der Waals surface area contributed by atoms with Crippen LogP contribution in [0.15, 0.2) is 36.4 Å². The Hall–Kier alpha value is -2.00. The molecule has 2 aromatic rings. The molecule has 0 saturated carbocycles. The Labute approximate surface area is 192 Å². The molecule has 1 fully saturated rings. The normalized spacial score (nSPS) is 17.2. The second-order valence-electron chi connectivity index (χ2n) is 7.21. The van der Waals surface area contributed by atoms with Crippen LogP contribution >= 0.6 is 23.2 Å². The number of sulfonamides is 1. The molecule has 3 rings (SSSR count). The topological polar surface area (TPSA) is 84.9 Å². The minimum atomic E-state index is -3.70. The highest BCUT2D eigenvalue weighted by Gasteiger charge is 2.33. The summed E-state index contributed by atoms with van der Waals surface area (Å²) in [6.45, 7) is 0.430. The number of hydrogen-bond acceptors (Lipinski definition) is 5. The number of anilines is 1. The lowest BCUT2D eigenvalue weighted by molar-refractivity contribution is -0.120. The molecule has 0 spiro atoms. The van der Waals surface area contributed by atoms with Crippen molar-refractivity contribution in [2.45, 2.75) is 18.6 Å². The third-order valence-corrected chi connectivity index (χ3v) is 7.68. The lowest BCUT2D eigenvalue weighted by Crippen LogP contribution is -2.44. The summed E-state index contributed by atoms with van der Waals surface area (Å²) in [7, 11) is -0.668. The van der Waals surface area contributed by atoms with Crippen LogP contribution in [-0.2, 0) is 20.6 Å². The van der Waals surface area contributed by atoms with Gasteiger partial charge in [-0.15, -0.1) is 0 Å². The predicted octanol–water partition coefficient (Wildman–Crippen LogP) is 4.19. The molecule has 1 atom stereocenters. The molecule has 0 radical (unpaired) electrons. The van der Waals surface area contributed by atoms with Gasteiger partial charge in [-0.2, -0.15) is 0 Å². The maximum Gasteiger partial charge on any atom is 0.228 e. The summed E-state index contributed by atoms with van der Waals surface area (Å²) in [4.78, 5) is 12.9. The van der Waals surface area contributed by atoms with Gasteiger partial charge in [0.05, 0.1) is 31.6 Å². The number of ether oxygens (including phenoxy) is 2. The van der Waals surface area contributed by atoms with E-state index < -0.39 is 15.9 Å². The van der Waals surface area contributed by atoms with Crippen molar-refractivity contribution in [1.29, 1.82) is 0 Å². The molecular weight excluding hydrogens is 463 g/mol. The molecule has 168 valence electrons. The largest absolute Gasteiger partial charge is 0.497 e. The Morgan fingerprint density at radius 1 is 1.16 bits per heavy atom. The fourth-order valence-electron chi connectivity index (χ4n) is 3.50. The second-order valence-corrected chi connectivity index (χ2v) is 9.99. The maximum absolute atomic E-state index is 13.0.